The van der Waals surface area contributed by atoms with Crippen molar-refractivity contribution in [1.82, 2.24) is 9.88 Å². The molecule has 1 aliphatic rings. The van der Waals surface area contributed by atoms with Crippen LogP contribution in [0.15, 0.2) is 36.7 Å². The summed E-state index contributed by atoms with van der Waals surface area (Å²) in [4.78, 5) is 21.3. The van der Waals surface area contributed by atoms with Crippen molar-refractivity contribution in [2.24, 2.45) is 5.73 Å². The number of nitrogens with zero attached hydrogens (tertiary/aromatic N) is 3. The maximum atomic E-state index is 12.9. The fourth-order valence-corrected chi connectivity index (χ4v) is 3.31. The minimum atomic E-state index is 0.0600. The number of carbonyl (C=O) groups is 1. The van der Waals surface area contributed by atoms with E-state index < -0.39 is 0 Å². The van der Waals surface area contributed by atoms with Gasteiger partial charge >= 0.3 is 0 Å². The molecule has 2 N–H and O–H groups in total. The second-order valence-corrected chi connectivity index (χ2v) is 6.91. The number of hydrogen-bond donors (Lipinski definition) is 1. The maximum Gasteiger partial charge on any atom is 0.254 e. The molecule has 0 radical (unpaired) electrons. The number of piperazine rings is 1. The van der Waals surface area contributed by atoms with Gasteiger partial charge in [0.1, 0.15) is 5.75 Å². The summed E-state index contributed by atoms with van der Waals surface area (Å²) in [5.41, 5.74) is 9.59. The Morgan fingerprint density at radius 2 is 1.93 bits per heavy atom. The van der Waals surface area contributed by atoms with Crippen molar-refractivity contribution in [1.29, 1.82) is 0 Å². The summed E-state index contributed by atoms with van der Waals surface area (Å²) in [6, 6.07) is 7.72. The molecule has 0 bridgehead atoms. The predicted molar refractivity (Wildman–Crippen MR) is 107 cm³/mol. The molecule has 1 aliphatic heterocycles. The molecule has 0 atom stereocenters. The lowest BCUT2D eigenvalue weighted by molar-refractivity contribution is 0.0746. The van der Waals surface area contributed by atoms with Crippen molar-refractivity contribution in [3.8, 4) is 5.75 Å². The van der Waals surface area contributed by atoms with E-state index in [-0.39, 0.29) is 5.91 Å². The van der Waals surface area contributed by atoms with Crippen LogP contribution in [0.5, 0.6) is 5.75 Å². The van der Waals surface area contributed by atoms with Crippen molar-refractivity contribution >= 4 is 11.6 Å². The Bertz CT molecular complexity index is 786. The fraction of sp³-hybridized carbons (Fsp3) is 0.429. The number of rotatable bonds is 6. The smallest absolute Gasteiger partial charge is 0.254 e. The summed E-state index contributed by atoms with van der Waals surface area (Å²) in [6.07, 6.45) is 4.50. The molecule has 3 rings (SSSR count). The molecule has 1 amide bonds. The minimum Gasteiger partial charge on any atom is -0.493 e. The average molecular weight is 368 g/mol. The lowest BCUT2D eigenvalue weighted by atomic mass is 10.1. The molecule has 1 saturated heterocycles. The van der Waals surface area contributed by atoms with E-state index in [4.69, 9.17) is 10.5 Å². The molecule has 2 aromatic rings. The summed E-state index contributed by atoms with van der Waals surface area (Å²) >= 11 is 0. The predicted octanol–water partition coefficient (Wildman–Crippen LogP) is 2.39. The molecule has 1 fully saturated rings. The van der Waals surface area contributed by atoms with Gasteiger partial charge in [0.05, 0.1) is 6.61 Å². The zero-order chi connectivity index (χ0) is 19.2. The van der Waals surface area contributed by atoms with Crippen LogP contribution in [0.25, 0.3) is 0 Å². The molecule has 144 valence electrons. The third kappa shape index (κ3) is 4.57. The zero-order valence-electron chi connectivity index (χ0n) is 16.1. The van der Waals surface area contributed by atoms with Crippen LogP contribution < -0.4 is 15.4 Å². The number of carbonyl (C=O) groups excluding carboxylic acids is 1. The molecule has 6 nitrogen and oxygen atoms in total. The van der Waals surface area contributed by atoms with Crippen LogP contribution in [-0.2, 0) is 0 Å². The first-order chi connectivity index (χ1) is 13.1. The Morgan fingerprint density at radius 1 is 1.15 bits per heavy atom. The third-order valence-corrected chi connectivity index (χ3v) is 4.94. The molecule has 27 heavy (non-hydrogen) atoms. The van der Waals surface area contributed by atoms with E-state index in [0.29, 0.717) is 31.8 Å². The van der Waals surface area contributed by atoms with E-state index in [1.54, 1.807) is 0 Å². The van der Waals surface area contributed by atoms with Gasteiger partial charge in [-0.1, -0.05) is 6.07 Å². The topological polar surface area (TPSA) is 71.7 Å². The summed E-state index contributed by atoms with van der Waals surface area (Å²) in [5, 5.41) is 0. The van der Waals surface area contributed by atoms with Crippen LogP contribution in [0.3, 0.4) is 0 Å². The summed E-state index contributed by atoms with van der Waals surface area (Å²) in [5.74, 6) is 0.824. The molecule has 2 heterocycles. The number of amides is 1. The maximum absolute atomic E-state index is 12.9. The molecule has 0 spiro atoms. The minimum absolute atomic E-state index is 0.0600. The molecule has 1 aromatic heterocycles. The van der Waals surface area contributed by atoms with Gasteiger partial charge in [-0.2, -0.15) is 0 Å². The van der Waals surface area contributed by atoms with E-state index in [2.05, 4.69) is 16.8 Å². The molecular formula is C21H28N4O2. The number of ether oxygens (including phenoxy) is 1. The summed E-state index contributed by atoms with van der Waals surface area (Å²) in [6.45, 7) is 8.28. The van der Waals surface area contributed by atoms with Gasteiger partial charge in [-0.3, -0.25) is 9.78 Å². The van der Waals surface area contributed by atoms with Gasteiger partial charge in [-0.25, -0.2) is 0 Å². The quantitative estimate of drug-likeness (QED) is 0.793. The number of aromatic nitrogens is 1. The second-order valence-electron chi connectivity index (χ2n) is 6.91. The number of aryl methyl sites for hydroxylation is 2. The molecule has 0 unspecified atom stereocenters. The van der Waals surface area contributed by atoms with Crippen LogP contribution in [0.2, 0.25) is 0 Å². The molecular weight excluding hydrogens is 340 g/mol. The highest BCUT2D eigenvalue weighted by molar-refractivity contribution is 5.95. The van der Waals surface area contributed by atoms with Crippen molar-refractivity contribution in [3.63, 3.8) is 0 Å². The number of nitrogens with two attached hydrogens (primary N) is 1. The highest BCUT2D eigenvalue weighted by Gasteiger charge is 2.23. The lowest BCUT2D eigenvalue weighted by Gasteiger charge is -2.36. The standard InChI is InChI=1S/C21H28N4O2/c1-16-4-5-18(14-20(16)27-13-3-7-22)21(26)25-11-9-24(10-12-25)19-6-8-23-15-17(19)2/h4-6,8,14-15H,3,7,9-13,22H2,1-2H3. The Labute approximate surface area is 160 Å². The van der Waals surface area contributed by atoms with Crippen molar-refractivity contribution in [2.75, 3.05) is 44.2 Å². The van der Waals surface area contributed by atoms with Crippen LogP contribution in [-0.4, -0.2) is 55.1 Å². The fourth-order valence-electron chi connectivity index (χ4n) is 3.31. The second kappa shape index (κ2) is 8.86. The van der Waals surface area contributed by atoms with E-state index >= 15 is 0 Å². The number of hydrogen-bond acceptors (Lipinski definition) is 5. The number of benzene rings is 1. The molecule has 6 heteroatoms. The van der Waals surface area contributed by atoms with Gasteiger partial charge in [0.25, 0.3) is 5.91 Å². The van der Waals surface area contributed by atoms with E-state index in [0.717, 1.165) is 36.4 Å². The van der Waals surface area contributed by atoms with Gasteiger partial charge in [0.15, 0.2) is 0 Å². The van der Waals surface area contributed by atoms with E-state index in [1.165, 1.54) is 5.69 Å². The van der Waals surface area contributed by atoms with Crippen LogP contribution in [0.1, 0.15) is 27.9 Å². The Balaban J connectivity index is 1.64. The number of anilines is 1. The molecule has 1 aromatic carbocycles. The SMILES string of the molecule is Cc1ccc(C(=O)N2CCN(c3ccncc3C)CC2)cc1OCCCN. The zero-order valence-corrected chi connectivity index (χ0v) is 16.1. The van der Waals surface area contributed by atoms with Gasteiger partial charge < -0.3 is 20.3 Å². The average Bonchev–Trinajstić information content (AvgIpc) is 2.69. The first-order valence-corrected chi connectivity index (χ1v) is 9.48. The van der Waals surface area contributed by atoms with Gasteiger partial charge in [0, 0.05) is 49.8 Å². The Morgan fingerprint density at radius 3 is 2.63 bits per heavy atom. The van der Waals surface area contributed by atoms with Gasteiger partial charge in [-0.15, -0.1) is 0 Å². The largest absolute Gasteiger partial charge is 0.493 e. The van der Waals surface area contributed by atoms with Crippen molar-refractivity contribution < 1.29 is 9.53 Å². The normalized spacial score (nSPS) is 14.3. The van der Waals surface area contributed by atoms with Crippen LogP contribution >= 0.6 is 0 Å². The van der Waals surface area contributed by atoms with E-state index in [9.17, 15) is 4.79 Å². The summed E-state index contributed by atoms with van der Waals surface area (Å²) in [7, 11) is 0. The van der Waals surface area contributed by atoms with Crippen molar-refractivity contribution in [2.45, 2.75) is 20.3 Å². The summed E-state index contributed by atoms with van der Waals surface area (Å²) < 4.78 is 5.78. The molecule has 0 saturated carbocycles. The molecule has 0 aliphatic carbocycles. The van der Waals surface area contributed by atoms with Gasteiger partial charge in [0.2, 0.25) is 0 Å². The van der Waals surface area contributed by atoms with E-state index in [1.807, 2.05) is 48.5 Å². The van der Waals surface area contributed by atoms with Crippen molar-refractivity contribution in [3.05, 3.63) is 53.3 Å². The van der Waals surface area contributed by atoms with Crippen LogP contribution in [0.4, 0.5) is 5.69 Å². The Kier molecular flexibility index (Phi) is 6.29. The lowest BCUT2D eigenvalue weighted by Crippen LogP contribution is -2.49. The van der Waals surface area contributed by atoms with Crippen LogP contribution in [0, 0.1) is 13.8 Å². The Hall–Kier alpha value is -2.60. The van der Waals surface area contributed by atoms with Gasteiger partial charge in [-0.05, 0) is 56.1 Å². The monoisotopic (exact) mass is 368 g/mol. The highest BCUT2D eigenvalue weighted by atomic mass is 16.5. The first kappa shape index (κ1) is 19.2. The first-order valence-electron chi connectivity index (χ1n) is 9.48. The number of pyridine rings is 1. The highest BCUT2D eigenvalue weighted by Crippen LogP contribution is 2.23. The third-order valence-electron chi connectivity index (χ3n) is 4.94.